The minimum atomic E-state index is -0.548. The van der Waals surface area contributed by atoms with Crippen molar-refractivity contribution in [1.82, 2.24) is 5.32 Å². The fraction of sp³-hybridized carbons (Fsp3) is 0.588. The Hall–Kier alpha value is -1.24. The molecule has 0 spiro atoms. The maximum absolute atomic E-state index is 11.9. The topological polar surface area (TPSA) is 56.8 Å². The van der Waals surface area contributed by atoms with Gasteiger partial charge in [0.15, 0.2) is 5.75 Å². The molecule has 2 rings (SSSR count). The maximum Gasteiger partial charge on any atom is 0.494 e. The van der Waals surface area contributed by atoms with Crippen molar-refractivity contribution in [2.24, 2.45) is 0 Å². The quantitative estimate of drug-likeness (QED) is 0.826. The van der Waals surface area contributed by atoms with E-state index >= 15 is 0 Å². The van der Waals surface area contributed by atoms with Crippen LogP contribution in [0, 0.1) is 0 Å². The predicted molar refractivity (Wildman–Crippen MR) is 96.1 cm³/mol. The summed E-state index contributed by atoms with van der Waals surface area (Å²) >= 11 is 6.25. The zero-order valence-electron chi connectivity index (χ0n) is 15.3. The first-order valence-corrected chi connectivity index (χ1v) is 8.34. The molecule has 1 saturated heterocycles. The highest BCUT2D eigenvalue weighted by Gasteiger charge is 2.51. The fourth-order valence-electron chi connectivity index (χ4n) is 2.16. The van der Waals surface area contributed by atoms with E-state index in [1.54, 1.807) is 18.2 Å². The molecule has 1 aromatic carbocycles. The molecule has 0 bridgehead atoms. The lowest BCUT2D eigenvalue weighted by Crippen LogP contribution is -2.42. The first kappa shape index (κ1) is 19.1. The molecule has 1 fully saturated rings. The van der Waals surface area contributed by atoms with Crippen LogP contribution in [0.2, 0.25) is 5.02 Å². The van der Waals surface area contributed by atoms with Crippen molar-refractivity contribution in [3.63, 3.8) is 0 Å². The zero-order valence-corrected chi connectivity index (χ0v) is 16.1. The highest BCUT2D eigenvalue weighted by atomic mass is 35.5. The SMILES string of the molecule is CC(C)(C)NC(=O)Oc1ccc(B2OC(C)(C)C(C)(C)O2)cc1Cl. The van der Waals surface area contributed by atoms with Crippen LogP contribution in [0.25, 0.3) is 0 Å². The molecule has 5 nitrogen and oxygen atoms in total. The van der Waals surface area contributed by atoms with E-state index in [9.17, 15) is 4.79 Å². The molecule has 0 saturated carbocycles. The largest absolute Gasteiger partial charge is 0.494 e. The molecule has 1 N–H and O–H groups in total. The Morgan fingerprint density at radius 2 is 1.71 bits per heavy atom. The van der Waals surface area contributed by atoms with Gasteiger partial charge in [0.05, 0.1) is 16.2 Å². The summed E-state index contributed by atoms with van der Waals surface area (Å²) in [6.07, 6.45) is -0.548. The minimum absolute atomic E-state index is 0.290. The fourth-order valence-corrected chi connectivity index (χ4v) is 2.38. The molecule has 132 valence electrons. The normalized spacial score (nSPS) is 19.2. The van der Waals surface area contributed by atoms with Crippen LogP contribution in [0.1, 0.15) is 48.5 Å². The second kappa shape index (κ2) is 6.25. The monoisotopic (exact) mass is 353 g/mol. The summed E-state index contributed by atoms with van der Waals surface area (Å²) in [6, 6.07) is 5.13. The number of rotatable bonds is 2. The van der Waals surface area contributed by atoms with E-state index in [1.165, 1.54) is 0 Å². The van der Waals surface area contributed by atoms with Crippen molar-refractivity contribution < 1.29 is 18.8 Å². The molecule has 1 heterocycles. The first-order chi connectivity index (χ1) is 10.8. The number of benzene rings is 1. The van der Waals surface area contributed by atoms with Gasteiger partial charge in [-0.2, -0.15) is 0 Å². The van der Waals surface area contributed by atoms with Gasteiger partial charge in [-0.1, -0.05) is 17.7 Å². The summed E-state index contributed by atoms with van der Waals surface area (Å²) in [5.41, 5.74) is -0.452. The number of carbonyl (C=O) groups excluding carboxylic acids is 1. The van der Waals surface area contributed by atoms with Crippen molar-refractivity contribution in [1.29, 1.82) is 0 Å². The molecule has 1 aliphatic heterocycles. The van der Waals surface area contributed by atoms with Crippen LogP contribution < -0.4 is 15.5 Å². The molecule has 24 heavy (non-hydrogen) atoms. The average molecular weight is 354 g/mol. The van der Waals surface area contributed by atoms with E-state index in [0.717, 1.165) is 5.46 Å². The maximum atomic E-state index is 11.9. The number of nitrogens with one attached hydrogen (secondary N) is 1. The first-order valence-electron chi connectivity index (χ1n) is 7.96. The Bertz CT molecular complexity index is 624. The Morgan fingerprint density at radius 3 is 2.17 bits per heavy atom. The van der Waals surface area contributed by atoms with Gasteiger partial charge in [-0.05, 0) is 66.1 Å². The van der Waals surface area contributed by atoms with E-state index < -0.39 is 24.4 Å². The summed E-state index contributed by atoms with van der Waals surface area (Å²) in [4.78, 5) is 11.9. The predicted octanol–water partition coefficient (Wildman–Crippen LogP) is 3.53. The molecular formula is C17H25BClNO4. The molecular weight excluding hydrogens is 328 g/mol. The third-order valence-corrected chi connectivity index (χ3v) is 4.46. The minimum Gasteiger partial charge on any atom is -0.409 e. The second-order valence-electron chi connectivity index (χ2n) is 8.04. The molecule has 1 amide bonds. The summed E-state index contributed by atoms with van der Waals surface area (Å²) in [7, 11) is -0.509. The van der Waals surface area contributed by atoms with Crippen molar-refractivity contribution in [3.05, 3.63) is 23.2 Å². The Labute approximate surface area is 149 Å². The molecule has 0 radical (unpaired) electrons. The smallest absolute Gasteiger partial charge is 0.409 e. The molecule has 0 atom stereocenters. The molecule has 1 aliphatic rings. The van der Waals surface area contributed by atoms with Crippen LogP contribution in [0.5, 0.6) is 5.75 Å². The lowest BCUT2D eigenvalue weighted by molar-refractivity contribution is 0.00578. The molecule has 0 aliphatic carbocycles. The van der Waals surface area contributed by atoms with Gasteiger partial charge in [0, 0.05) is 5.54 Å². The van der Waals surface area contributed by atoms with Crippen LogP contribution in [0.15, 0.2) is 18.2 Å². The summed E-state index contributed by atoms with van der Waals surface area (Å²) in [5.74, 6) is 0.290. The van der Waals surface area contributed by atoms with Crippen LogP contribution in [-0.2, 0) is 9.31 Å². The third-order valence-electron chi connectivity index (χ3n) is 4.16. The van der Waals surface area contributed by atoms with Crippen molar-refractivity contribution in [2.45, 2.75) is 65.2 Å². The van der Waals surface area contributed by atoms with Gasteiger partial charge in [0.1, 0.15) is 0 Å². The zero-order chi connectivity index (χ0) is 18.3. The lowest BCUT2D eigenvalue weighted by atomic mass is 9.79. The van der Waals surface area contributed by atoms with Crippen LogP contribution in [0.4, 0.5) is 4.79 Å². The summed E-state index contributed by atoms with van der Waals surface area (Å²) in [5, 5.41) is 3.04. The number of hydrogen-bond acceptors (Lipinski definition) is 4. The molecule has 7 heteroatoms. The van der Waals surface area contributed by atoms with Gasteiger partial charge in [0.2, 0.25) is 0 Å². The highest BCUT2D eigenvalue weighted by molar-refractivity contribution is 6.62. The van der Waals surface area contributed by atoms with Gasteiger partial charge < -0.3 is 19.4 Å². The highest BCUT2D eigenvalue weighted by Crippen LogP contribution is 2.37. The van der Waals surface area contributed by atoms with Crippen molar-refractivity contribution in [2.75, 3.05) is 0 Å². The van der Waals surface area contributed by atoms with Crippen LogP contribution in [0.3, 0.4) is 0 Å². The van der Waals surface area contributed by atoms with E-state index in [0.29, 0.717) is 10.8 Å². The Morgan fingerprint density at radius 1 is 1.17 bits per heavy atom. The van der Waals surface area contributed by atoms with E-state index in [-0.39, 0.29) is 5.54 Å². The van der Waals surface area contributed by atoms with Crippen LogP contribution in [-0.4, -0.2) is 30.0 Å². The summed E-state index contributed by atoms with van der Waals surface area (Å²) in [6.45, 7) is 13.6. The van der Waals surface area contributed by atoms with Gasteiger partial charge in [-0.25, -0.2) is 4.79 Å². The number of amides is 1. The number of hydrogen-bond donors (Lipinski definition) is 1. The summed E-state index contributed by atoms with van der Waals surface area (Å²) < 4.78 is 17.2. The second-order valence-corrected chi connectivity index (χ2v) is 8.45. The standard InChI is InChI=1S/C17H25BClNO4/c1-15(2,3)20-14(21)22-13-9-8-11(10-12(13)19)18-23-16(4,5)17(6,7)24-18/h8-10H,1-7H3,(H,20,21). The van der Waals surface area contributed by atoms with E-state index in [1.807, 2.05) is 48.5 Å². The average Bonchev–Trinajstić information content (AvgIpc) is 2.58. The van der Waals surface area contributed by atoms with E-state index in [4.69, 9.17) is 25.6 Å². The van der Waals surface area contributed by atoms with Gasteiger partial charge >= 0.3 is 13.2 Å². The molecule has 0 unspecified atom stereocenters. The molecule has 1 aromatic rings. The van der Waals surface area contributed by atoms with Gasteiger partial charge in [0.25, 0.3) is 0 Å². The van der Waals surface area contributed by atoms with E-state index in [2.05, 4.69) is 5.32 Å². The number of carbonyl (C=O) groups is 1. The van der Waals surface area contributed by atoms with Gasteiger partial charge in [-0.3, -0.25) is 0 Å². The third kappa shape index (κ3) is 4.24. The Kier molecular flexibility index (Phi) is 4.97. The lowest BCUT2D eigenvalue weighted by Gasteiger charge is -2.32. The number of halogens is 1. The number of ether oxygens (including phenoxy) is 1. The van der Waals surface area contributed by atoms with Crippen LogP contribution >= 0.6 is 11.6 Å². The van der Waals surface area contributed by atoms with Crippen molar-refractivity contribution in [3.8, 4) is 5.75 Å². The van der Waals surface area contributed by atoms with Gasteiger partial charge in [-0.15, -0.1) is 0 Å². The van der Waals surface area contributed by atoms with Crippen molar-refractivity contribution >= 4 is 30.3 Å². The molecule has 0 aromatic heterocycles. The Balaban J connectivity index is 2.12.